The summed E-state index contributed by atoms with van der Waals surface area (Å²) >= 11 is 0. The third-order valence-corrected chi connectivity index (χ3v) is 2.41. The van der Waals surface area contributed by atoms with Gasteiger partial charge in [0.2, 0.25) is 5.95 Å². The van der Waals surface area contributed by atoms with Crippen LogP contribution in [0.2, 0.25) is 0 Å². The van der Waals surface area contributed by atoms with Gasteiger partial charge in [-0.05, 0) is 32.0 Å². The summed E-state index contributed by atoms with van der Waals surface area (Å²) < 4.78 is 0. The van der Waals surface area contributed by atoms with E-state index in [1.54, 1.807) is 19.9 Å². The number of carbonyl (C=O) groups is 2. The number of nitrogens with one attached hydrogen (secondary N) is 1. The van der Waals surface area contributed by atoms with Crippen LogP contribution in [0.3, 0.4) is 0 Å². The highest BCUT2D eigenvalue weighted by Gasteiger charge is 2.12. The molecule has 0 saturated heterocycles. The summed E-state index contributed by atoms with van der Waals surface area (Å²) in [4.78, 5) is 34.7. The Morgan fingerprint density at radius 2 is 1.65 bits per heavy atom. The van der Waals surface area contributed by atoms with Crippen molar-refractivity contribution in [2.24, 2.45) is 0 Å². The predicted octanol–water partition coefficient (Wildman–Crippen LogP) is 1.44. The fourth-order valence-electron chi connectivity index (χ4n) is 1.63. The van der Waals surface area contributed by atoms with E-state index in [1.165, 1.54) is 18.2 Å². The lowest BCUT2D eigenvalue weighted by molar-refractivity contribution is 0.0690. The number of rotatable bonds is 3. The fourth-order valence-corrected chi connectivity index (χ4v) is 1.63. The minimum atomic E-state index is -1.19. The molecule has 0 atom stereocenters. The second kappa shape index (κ2) is 5.43. The number of carbonyl (C=O) groups excluding carboxylic acids is 1. The van der Waals surface area contributed by atoms with Crippen LogP contribution in [-0.2, 0) is 0 Å². The van der Waals surface area contributed by atoms with Crippen LogP contribution in [0.5, 0.6) is 0 Å². The molecule has 0 radical (unpaired) electrons. The predicted molar refractivity (Wildman–Crippen MR) is 70.7 cm³/mol. The molecule has 0 aliphatic rings. The highest BCUT2D eigenvalue weighted by atomic mass is 16.4. The van der Waals surface area contributed by atoms with E-state index in [1.807, 2.05) is 0 Å². The lowest BCUT2D eigenvalue weighted by Crippen LogP contribution is -2.17. The van der Waals surface area contributed by atoms with Crippen LogP contribution in [0.4, 0.5) is 5.95 Å². The minimum Gasteiger partial charge on any atom is -0.477 e. The van der Waals surface area contributed by atoms with E-state index in [0.717, 1.165) is 11.4 Å². The summed E-state index contributed by atoms with van der Waals surface area (Å²) in [6, 6.07) is 5.96. The van der Waals surface area contributed by atoms with Crippen molar-refractivity contribution < 1.29 is 14.7 Å². The first-order valence-electron chi connectivity index (χ1n) is 5.79. The minimum absolute atomic E-state index is 0.00680. The van der Waals surface area contributed by atoms with E-state index < -0.39 is 11.9 Å². The van der Waals surface area contributed by atoms with Gasteiger partial charge in [0.1, 0.15) is 11.4 Å². The first-order chi connectivity index (χ1) is 9.45. The Labute approximate surface area is 114 Å². The summed E-state index contributed by atoms with van der Waals surface area (Å²) in [6.45, 7) is 3.57. The molecule has 102 valence electrons. The Balaban J connectivity index is 2.23. The molecule has 2 aromatic rings. The smallest absolute Gasteiger partial charge is 0.354 e. The van der Waals surface area contributed by atoms with Crippen molar-refractivity contribution in [3.8, 4) is 0 Å². The average molecular weight is 272 g/mol. The molecule has 20 heavy (non-hydrogen) atoms. The molecular weight excluding hydrogens is 260 g/mol. The van der Waals surface area contributed by atoms with E-state index in [0.29, 0.717) is 0 Å². The second-order valence-corrected chi connectivity index (χ2v) is 4.14. The molecule has 0 spiro atoms. The standard InChI is InChI=1S/C13H12N4O3/c1-7-6-8(2)15-13(14-7)17-11(18)9-4-3-5-10(16-9)12(19)20/h3-6H,1-2H3,(H,19,20)(H,14,15,17,18). The molecule has 7 nitrogen and oxygen atoms in total. The molecule has 0 bridgehead atoms. The Hall–Kier alpha value is -2.83. The number of hydrogen-bond donors (Lipinski definition) is 2. The van der Waals surface area contributed by atoms with Crippen LogP contribution >= 0.6 is 0 Å². The zero-order valence-electron chi connectivity index (χ0n) is 10.9. The van der Waals surface area contributed by atoms with Gasteiger partial charge in [-0.25, -0.2) is 19.7 Å². The van der Waals surface area contributed by atoms with Crippen molar-refractivity contribution in [2.45, 2.75) is 13.8 Å². The molecule has 2 N–H and O–H groups in total. The largest absolute Gasteiger partial charge is 0.477 e. The molecule has 2 aromatic heterocycles. The number of aromatic nitrogens is 3. The van der Waals surface area contributed by atoms with Crippen molar-refractivity contribution in [1.82, 2.24) is 15.0 Å². The maximum atomic E-state index is 12.0. The van der Waals surface area contributed by atoms with Gasteiger partial charge in [0.25, 0.3) is 5.91 Å². The van der Waals surface area contributed by atoms with Crippen LogP contribution in [0.25, 0.3) is 0 Å². The average Bonchev–Trinajstić information content (AvgIpc) is 2.37. The third-order valence-electron chi connectivity index (χ3n) is 2.41. The normalized spacial score (nSPS) is 10.1. The molecular formula is C13H12N4O3. The molecule has 0 saturated carbocycles. The van der Waals surface area contributed by atoms with Crippen LogP contribution in [0, 0.1) is 13.8 Å². The lowest BCUT2D eigenvalue weighted by Gasteiger charge is -2.05. The summed E-state index contributed by atoms with van der Waals surface area (Å²) in [5, 5.41) is 11.3. The lowest BCUT2D eigenvalue weighted by atomic mass is 10.3. The van der Waals surface area contributed by atoms with Crippen LogP contribution < -0.4 is 5.32 Å². The van der Waals surface area contributed by atoms with Crippen molar-refractivity contribution in [2.75, 3.05) is 5.32 Å². The Morgan fingerprint density at radius 1 is 1.05 bits per heavy atom. The number of pyridine rings is 1. The van der Waals surface area contributed by atoms with Crippen molar-refractivity contribution in [3.05, 3.63) is 47.0 Å². The van der Waals surface area contributed by atoms with Gasteiger partial charge in [-0.1, -0.05) is 6.07 Å². The van der Waals surface area contributed by atoms with Gasteiger partial charge in [0.15, 0.2) is 0 Å². The number of carboxylic acid groups (broad SMARTS) is 1. The molecule has 0 aliphatic heterocycles. The molecule has 0 aromatic carbocycles. The van der Waals surface area contributed by atoms with Crippen LogP contribution in [0.1, 0.15) is 32.4 Å². The molecule has 0 unspecified atom stereocenters. The number of aromatic carboxylic acids is 1. The Kier molecular flexibility index (Phi) is 3.69. The van der Waals surface area contributed by atoms with Crippen molar-refractivity contribution in [1.29, 1.82) is 0 Å². The van der Waals surface area contributed by atoms with E-state index in [9.17, 15) is 9.59 Å². The quantitative estimate of drug-likeness (QED) is 0.875. The van der Waals surface area contributed by atoms with Crippen molar-refractivity contribution >= 4 is 17.8 Å². The number of aryl methyl sites for hydroxylation is 2. The van der Waals surface area contributed by atoms with Gasteiger partial charge < -0.3 is 5.11 Å². The number of amides is 1. The molecule has 0 fully saturated rings. The Morgan fingerprint density at radius 3 is 2.25 bits per heavy atom. The topological polar surface area (TPSA) is 105 Å². The van der Waals surface area contributed by atoms with E-state index >= 15 is 0 Å². The molecule has 1 amide bonds. The highest BCUT2D eigenvalue weighted by molar-refractivity contribution is 6.02. The Bertz CT molecular complexity index is 665. The summed E-state index contributed by atoms with van der Waals surface area (Å²) in [6.07, 6.45) is 0. The number of carboxylic acids is 1. The van der Waals surface area contributed by atoms with Crippen LogP contribution in [-0.4, -0.2) is 31.9 Å². The highest BCUT2D eigenvalue weighted by Crippen LogP contribution is 2.06. The molecule has 0 aliphatic carbocycles. The number of nitrogens with zero attached hydrogens (tertiary/aromatic N) is 3. The zero-order chi connectivity index (χ0) is 14.7. The molecule has 2 heterocycles. The second-order valence-electron chi connectivity index (χ2n) is 4.14. The van der Waals surface area contributed by atoms with E-state index in [4.69, 9.17) is 5.11 Å². The summed E-state index contributed by atoms with van der Waals surface area (Å²) in [5.41, 5.74) is 1.24. The summed E-state index contributed by atoms with van der Waals surface area (Å²) in [5.74, 6) is -1.59. The third kappa shape index (κ3) is 3.14. The number of hydrogen-bond acceptors (Lipinski definition) is 5. The molecule has 7 heteroatoms. The molecule has 2 rings (SSSR count). The fraction of sp³-hybridized carbons (Fsp3) is 0.154. The number of anilines is 1. The first kappa shape index (κ1) is 13.6. The van der Waals surface area contributed by atoms with Crippen molar-refractivity contribution in [3.63, 3.8) is 0 Å². The van der Waals surface area contributed by atoms with Gasteiger partial charge in [0.05, 0.1) is 0 Å². The van der Waals surface area contributed by atoms with Gasteiger partial charge in [-0.15, -0.1) is 0 Å². The first-order valence-corrected chi connectivity index (χ1v) is 5.79. The van der Waals surface area contributed by atoms with Gasteiger partial charge in [-0.3, -0.25) is 10.1 Å². The van der Waals surface area contributed by atoms with Gasteiger partial charge in [-0.2, -0.15) is 0 Å². The van der Waals surface area contributed by atoms with Gasteiger partial charge in [0, 0.05) is 11.4 Å². The SMILES string of the molecule is Cc1cc(C)nc(NC(=O)c2cccc(C(=O)O)n2)n1. The maximum absolute atomic E-state index is 12.0. The van der Waals surface area contributed by atoms with Gasteiger partial charge >= 0.3 is 5.97 Å². The zero-order valence-corrected chi connectivity index (χ0v) is 10.9. The van der Waals surface area contributed by atoms with Crippen LogP contribution in [0.15, 0.2) is 24.3 Å². The van der Waals surface area contributed by atoms with E-state index in [-0.39, 0.29) is 17.3 Å². The van der Waals surface area contributed by atoms with E-state index in [2.05, 4.69) is 20.3 Å². The summed E-state index contributed by atoms with van der Waals surface area (Å²) in [7, 11) is 0. The monoisotopic (exact) mass is 272 g/mol. The maximum Gasteiger partial charge on any atom is 0.354 e.